The van der Waals surface area contributed by atoms with Crippen LogP contribution in [-0.2, 0) is 27.4 Å². The topological polar surface area (TPSA) is 93.4 Å². The van der Waals surface area contributed by atoms with Crippen LogP contribution in [-0.4, -0.2) is 41.1 Å². The normalized spacial score (nSPS) is 16.8. The molecule has 1 saturated heterocycles. The van der Waals surface area contributed by atoms with Crippen LogP contribution in [0.4, 0.5) is 17.6 Å². The van der Waals surface area contributed by atoms with E-state index in [2.05, 4.69) is 9.97 Å². The number of furan rings is 1. The van der Waals surface area contributed by atoms with Crippen molar-refractivity contribution >= 4 is 26.8 Å². The summed E-state index contributed by atoms with van der Waals surface area (Å²) >= 11 is 0. The molecule has 0 bridgehead atoms. The van der Waals surface area contributed by atoms with Gasteiger partial charge in [0.1, 0.15) is 17.7 Å². The van der Waals surface area contributed by atoms with E-state index in [1.165, 1.54) is 42.7 Å². The van der Waals surface area contributed by atoms with Gasteiger partial charge in [0, 0.05) is 35.7 Å². The third-order valence-corrected chi connectivity index (χ3v) is 8.22. The van der Waals surface area contributed by atoms with Gasteiger partial charge in [-0.05, 0) is 55.7 Å². The van der Waals surface area contributed by atoms with Crippen LogP contribution in [0.5, 0.6) is 0 Å². The zero-order valence-corrected chi connectivity index (χ0v) is 20.6. The fraction of sp³-hybridized carbons (Fsp3) is 0.269. The summed E-state index contributed by atoms with van der Waals surface area (Å²) in [6.07, 6.45) is -2.12. The number of rotatable bonds is 7. The molecular weight excluding hydrogens is 526 g/mol. The zero-order chi connectivity index (χ0) is 27.1. The quantitative estimate of drug-likeness (QED) is 0.288. The summed E-state index contributed by atoms with van der Waals surface area (Å²) in [5.41, 5.74) is 0.816. The highest BCUT2D eigenvalue weighted by Gasteiger charge is 2.40. The van der Waals surface area contributed by atoms with E-state index in [1.807, 2.05) is 0 Å². The Labute approximate surface area is 215 Å². The van der Waals surface area contributed by atoms with Crippen molar-refractivity contribution in [3.63, 3.8) is 0 Å². The molecule has 1 atom stereocenters. The Balaban J connectivity index is 1.28. The second kappa shape index (κ2) is 9.91. The lowest BCUT2D eigenvalue weighted by Crippen LogP contribution is -2.40. The SMILES string of the molecule is O=C(CCc1cc(-c2ccc(C(F)(F)F)cc2)ncn1)C1CCCN1S(=O)(=O)c1cc2cc(F)ccc2o1. The molecule has 1 aliphatic heterocycles. The molecule has 1 fully saturated rings. The Morgan fingerprint density at radius 1 is 1.05 bits per heavy atom. The number of aryl methyl sites for hydroxylation is 1. The van der Waals surface area contributed by atoms with Gasteiger partial charge in [-0.15, -0.1) is 0 Å². The molecule has 5 rings (SSSR count). The number of hydrogen-bond donors (Lipinski definition) is 0. The Morgan fingerprint density at radius 3 is 2.55 bits per heavy atom. The summed E-state index contributed by atoms with van der Waals surface area (Å²) in [5, 5.41) is -0.0481. The number of benzene rings is 2. The molecule has 12 heteroatoms. The number of halogens is 4. The molecule has 1 aliphatic rings. The maximum absolute atomic E-state index is 13.5. The minimum Gasteiger partial charge on any atom is -0.443 e. The number of carbonyl (C=O) groups excluding carboxylic acids is 1. The third kappa shape index (κ3) is 5.18. The highest BCUT2D eigenvalue weighted by atomic mass is 32.2. The van der Waals surface area contributed by atoms with Crippen molar-refractivity contribution in [1.29, 1.82) is 0 Å². The van der Waals surface area contributed by atoms with Gasteiger partial charge in [0.05, 0.1) is 17.3 Å². The molecule has 0 spiro atoms. The Morgan fingerprint density at radius 2 is 1.82 bits per heavy atom. The molecule has 1 unspecified atom stereocenters. The maximum Gasteiger partial charge on any atom is 0.416 e. The maximum atomic E-state index is 13.5. The van der Waals surface area contributed by atoms with Crippen LogP contribution >= 0.6 is 0 Å². The van der Waals surface area contributed by atoms with Crippen LogP contribution in [0.15, 0.2) is 70.4 Å². The number of alkyl halides is 3. The molecule has 38 heavy (non-hydrogen) atoms. The minimum absolute atomic E-state index is 0.00545. The summed E-state index contributed by atoms with van der Waals surface area (Å²) in [6.45, 7) is 0.149. The lowest BCUT2D eigenvalue weighted by atomic mass is 10.0. The molecular formula is C26H21F4N3O4S. The first-order valence-electron chi connectivity index (χ1n) is 11.7. The Bertz CT molecular complexity index is 1600. The standard InChI is InChI=1S/C26H21F4N3O4S/c27-19-7-10-24-17(12-19)13-25(37-24)38(35,36)33-11-1-2-22(33)23(34)9-8-20-14-21(32-15-31-20)16-3-5-18(6-4-16)26(28,29)30/h3-7,10,12-15,22H,1-2,8-9,11H2. The molecule has 0 amide bonds. The first kappa shape index (κ1) is 26.0. The first-order valence-corrected chi connectivity index (χ1v) is 13.2. The molecule has 4 aromatic rings. The van der Waals surface area contributed by atoms with E-state index < -0.39 is 33.6 Å². The number of aromatic nitrogens is 2. The van der Waals surface area contributed by atoms with Gasteiger partial charge < -0.3 is 4.42 Å². The van der Waals surface area contributed by atoms with E-state index in [-0.39, 0.29) is 35.8 Å². The van der Waals surface area contributed by atoms with Gasteiger partial charge in [0.25, 0.3) is 10.0 Å². The van der Waals surface area contributed by atoms with Crippen LogP contribution in [0.2, 0.25) is 0 Å². The third-order valence-electron chi connectivity index (χ3n) is 6.45. The number of hydrogen-bond acceptors (Lipinski definition) is 6. The number of fused-ring (bicyclic) bond motifs is 1. The fourth-order valence-corrected chi connectivity index (χ4v) is 6.15. The van der Waals surface area contributed by atoms with Gasteiger partial charge in [-0.1, -0.05) is 12.1 Å². The lowest BCUT2D eigenvalue weighted by molar-refractivity contribution is -0.137. The second-order valence-corrected chi connectivity index (χ2v) is 10.8. The van der Waals surface area contributed by atoms with Gasteiger partial charge in [0.15, 0.2) is 5.78 Å². The summed E-state index contributed by atoms with van der Waals surface area (Å²) < 4.78 is 85.1. The van der Waals surface area contributed by atoms with Crippen LogP contribution in [0, 0.1) is 5.82 Å². The van der Waals surface area contributed by atoms with Gasteiger partial charge in [-0.25, -0.2) is 22.8 Å². The summed E-state index contributed by atoms with van der Waals surface area (Å²) in [6, 6.07) is 10.2. The predicted octanol–water partition coefficient (Wildman–Crippen LogP) is 5.40. The molecule has 2 aromatic heterocycles. The minimum atomic E-state index is -4.44. The number of carbonyl (C=O) groups is 1. The molecule has 198 valence electrons. The summed E-state index contributed by atoms with van der Waals surface area (Å²) in [5.74, 6) is -0.814. The van der Waals surface area contributed by atoms with Crippen LogP contribution in [0.3, 0.4) is 0 Å². The van der Waals surface area contributed by atoms with Gasteiger partial charge >= 0.3 is 6.18 Å². The monoisotopic (exact) mass is 547 g/mol. The van der Waals surface area contributed by atoms with E-state index >= 15 is 0 Å². The van der Waals surface area contributed by atoms with Crippen LogP contribution < -0.4 is 0 Å². The smallest absolute Gasteiger partial charge is 0.416 e. The average molecular weight is 548 g/mol. The van der Waals surface area contributed by atoms with Crippen molar-refractivity contribution in [3.05, 3.63) is 78.0 Å². The molecule has 7 nitrogen and oxygen atoms in total. The number of sulfonamides is 1. The molecule has 0 aliphatic carbocycles. The van der Waals surface area contributed by atoms with E-state index in [1.54, 1.807) is 6.07 Å². The van der Waals surface area contributed by atoms with Crippen LogP contribution in [0.25, 0.3) is 22.2 Å². The van der Waals surface area contributed by atoms with Crippen molar-refractivity contribution in [2.75, 3.05) is 6.54 Å². The summed E-state index contributed by atoms with van der Waals surface area (Å²) in [7, 11) is -4.13. The van der Waals surface area contributed by atoms with E-state index in [0.717, 1.165) is 16.4 Å². The Kier molecular flexibility index (Phi) is 6.78. The van der Waals surface area contributed by atoms with Gasteiger partial charge in [-0.2, -0.15) is 17.5 Å². The molecule has 0 N–H and O–H groups in total. The van der Waals surface area contributed by atoms with Crippen molar-refractivity contribution in [2.45, 2.75) is 43.0 Å². The highest BCUT2D eigenvalue weighted by molar-refractivity contribution is 7.89. The number of nitrogens with zero attached hydrogens (tertiary/aromatic N) is 3. The van der Waals surface area contributed by atoms with Crippen molar-refractivity contribution in [3.8, 4) is 11.3 Å². The zero-order valence-electron chi connectivity index (χ0n) is 19.8. The van der Waals surface area contributed by atoms with Crippen molar-refractivity contribution in [1.82, 2.24) is 14.3 Å². The van der Waals surface area contributed by atoms with Gasteiger partial charge in [-0.3, -0.25) is 4.79 Å². The van der Waals surface area contributed by atoms with E-state index in [9.17, 15) is 30.8 Å². The molecule has 0 saturated carbocycles. The van der Waals surface area contributed by atoms with E-state index in [0.29, 0.717) is 35.2 Å². The molecule has 2 aromatic carbocycles. The van der Waals surface area contributed by atoms with E-state index in [4.69, 9.17) is 4.42 Å². The van der Waals surface area contributed by atoms with Crippen LogP contribution in [0.1, 0.15) is 30.5 Å². The molecule has 3 heterocycles. The Hall–Kier alpha value is -3.64. The summed E-state index contributed by atoms with van der Waals surface area (Å²) in [4.78, 5) is 21.3. The second-order valence-electron chi connectivity index (χ2n) is 8.96. The predicted molar refractivity (Wildman–Crippen MR) is 129 cm³/mol. The number of Topliss-reactive ketones (excluding diaryl/α,β-unsaturated/α-hetero) is 1. The first-order chi connectivity index (χ1) is 18.0. The van der Waals surface area contributed by atoms with Crippen molar-refractivity contribution in [2.24, 2.45) is 0 Å². The fourth-order valence-electron chi connectivity index (χ4n) is 4.52. The highest BCUT2D eigenvalue weighted by Crippen LogP contribution is 2.32. The average Bonchev–Trinajstić information content (AvgIpc) is 3.55. The largest absolute Gasteiger partial charge is 0.443 e. The van der Waals surface area contributed by atoms with Gasteiger partial charge in [0.2, 0.25) is 5.09 Å². The van der Waals surface area contributed by atoms with Crippen molar-refractivity contribution < 1.29 is 35.2 Å². The lowest BCUT2D eigenvalue weighted by Gasteiger charge is -2.21. The molecule has 0 radical (unpaired) electrons. The number of ketones is 1.